The summed E-state index contributed by atoms with van der Waals surface area (Å²) in [7, 11) is 1.69. The molecule has 0 N–H and O–H groups in total. The van der Waals surface area contributed by atoms with Gasteiger partial charge in [-0.2, -0.15) is 5.10 Å². The molecule has 0 atom stereocenters. The molecule has 0 aliphatic rings. The molecule has 5 heteroatoms. The van der Waals surface area contributed by atoms with Crippen LogP contribution in [0, 0.1) is 0 Å². The van der Waals surface area contributed by atoms with Gasteiger partial charge in [0.2, 0.25) is 4.80 Å². The van der Waals surface area contributed by atoms with Crippen molar-refractivity contribution in [1.29, 1.82) is 0 Å². The normalized spacial score (nSPS) is 12.2. The first kappa shape index (κ1) is 18.3. The second kappa shape index (κ2) is 9.27. The molecule has 0 bridgehead atoms. The van der Waals surface area contributed by atoms with Gasteiger partial charge < -0.3 is 4.74 Å². The summed E-state index contributed by atoms with van der Waals surface area (Å²) in [6.07, 6.45) is 2.92. The van der Waals surface area contributed by atoms with E-state index in [9.17, 15) is 0 Å². The van der Waals surface area contributed by atoms with Crippen molar-refractivity contribution in [3.63, 3.8) is 0 Å². The number of aromatic nitrogens is 1. The lowest BCUT2D eigenvalue weighted by atomic mass is 10.1. The number of ether oxygens (including phenoxy) is 1. The van der Waals surface area contributed by atoms with Gasteiger partial charge in [-0.05, 0) is 17.5 Å². The Morgan fingerprint density at radius 2 is 1.85 bits per heavy atom. The summed E-state index contributed by atoms with van der Waals surface area (Å²) in [5.41, 5.74) is 4.55. The number of aryl methyl sites for hydroxylation is 1. The third-order valence-corrected chi connectivity index (χ3v) is 4.86. The van der Waals surface area contributed by atoms with Crippen LogP contribution < -0.4 is 4.80 Å². The lowest BCUT2D eigenvalue weighted by Gasteiger charge is -2.03. The second-order valence-corrected chi connectivity index (χ2v) is 6.63. The van der Waals surface area contributed by atoms with Crippen LogP contribution in [0.1, 0.15) is 18.1 Å². The monoisotopic (exact) mass is 365 g/mol. The fourth-order valence-corrected chi connectivity index (χ4v) is 3.39. The molecule has 0 aliphatic heterocycles. The Hall–Kier alpha value is -2.50. The van der Waals surface area contributed by atoms with E-state index in [-0.39, 0.29) is 0 Å². The lowest BCUT2D eigenvalue weighted by molar-refractivity contribution is 0.207. The highest BCUT2D eigenvalue weighted by atomic mass is 32.1. The van der Waals surface area contributed by atoms with Crippen molar-refractivity contribution in [2.75, 3.05) is 20.3 Å². The lowest BCUT2D eigenvalue weighted by Crippen LogP contribution is -2.13. The smallest absolute Gasteiger partial charge is 0.206 e. The first-order chi connectivity index (χ1) is 12.8. The van der Waals surface area contributed by atoms with Crippen LogP contribution >= 0.6 is 11.3 Å². The minimum atomic E-state index is 0.598. The predicted octanol–water partition coefficient (Wildman–Crippen LogP) is 4.21. The molecule has 3 aromatic rings. The minimum absolute atomic E-state index is 0.598. The fraction of sp³-hybridized carbons (Fsp3) is 0.238. The average Bonchev–Trinajstić information content (AvgIpc) is 3.10. The van der Waals surface area contributed by atoms with Gasteiger partial charge in [-0.15, -0.1) is 11.3 Å². The van der Waals surface area contributed by atoms with Gasteiger partial charge in [-0.3, -0.25) is 4.99 Å². The van der Waals surface area contributed by atoms with Crippen LogP contribution in [-0.2, 0) is 11.2 Å². The highest BCUT2D eigenvalue weighted by molar-refractivity contribution is 7.07. The fourth-order valence-electron chi connectivity index (χ4n) is 2.52. The van der Waals surface area contributed by atoms with Gasteiger partial charge >= 0.3 is 0 Å². The Labute approximate surface area is 158 Å². The first-order valence-electron chi connectivity index (χ1n) is 8.70. The second-order valence-electron chi connectivity index (χ2n) is 5.80. The summed E-state index contributed by atoms with van der Waals surface area (Å²) in [6.45, 7) is 3.37. The zero-order valence-electron chi connectivity index (χ0n) is 15.1. The van der Waals surface area contributed by atoms with E-state index in [1.165, 1.54) is 5.56 Å². The summed E-state index contributed by atoms with van der Waals surface area (Å²) in [5, 5.41) is 6.81. The third-order valence-electron chi connectivity index (χ3n) is 4.01. The number of thiazole rings is 1. The summed E-state index contributed by atoms with van der Waals surface area (Å²) in [6, 6.07) is 18.7. The molecule has 1 aromatic heterocycles. The molecule has 4 nitrogen and oxygen atoms in total. The Morgan fingerprint density at radius 1 is 1.08 bits per heavy atom. The molecule has 3 rings (SSSR count). The molecule has 0 saturated carbocycles. The van der Waals surface area contributed by atoms with Gasteiger partial charge in [0.1, 0.15) is 0 Å². The number of methoxy groups -OCH3 is 1. The molecule has 0 amide bonds. The van der Waals surface area contributed by atoms with E-state index in [1.807, 2.05) is 29.1 Å². The van der Waals surface area contributed by atoms with E-state index >= 15 is 0 Å². The van der Waals surface area contributed by atoms with Gasteiger partial charge in [-0.25, -0.2) is 4.68 Å². The Bertz CT molecular complexity index is 908. The molecule has 0 radical (unpaired) electrons. The highest BCUT2D eigenvalue weighted by Gasteiger charge is 2.06. The van der Waals surface area contributed by atoms with Gasteiger partial charge in [-0.1, -0.05) is 61.5 Å². The molecule has 2 aromatic carbocycles. The highest BCUT2D eigenvalue weighted by Crippen LogP contribution is 2.19. The third kappa shape index (κ3) is 4.56. The van der Waals surface area contributed by atoms with Crippen LogP contribution in [0.2, 0.25) is 0 Å². The molecule has 0 aliphatic carbocycles. The summed E-state index contributed by atoms with van der Waals surface area (Å²) in [4.78, 5) is 5.49. The number of nitrogens with zero attached hydrogens (tertiary/aromatic N) is 3. The summed E-state index contributed by atoms with van der Waals surface area (Å²) in [5.74, 6) is 0. The van der Waals surface area contributed by atoms with Crippen LogP contribution in [0.3, 0.4) is 0 Å². The van der Waals surface area contributed by atoms with E-state index in [1.54, 1.807) is 18.4 Å². The quantitative estimate of drug-likeness (QED) is 0.457. The SMILES string of the molecule is CCc1ccc(/C=N\n2c(-c3ccccc3)csc2=NCCOC)cc1. The molecule has 0 spiro atoms. The Balaban J connectivity index is 1.97. The number of rotatable bonds is 7. The van der Waals surface area contributed by atoms with Gasteiger partial charge in [0.15, 0.2) is 0 Å². The largest absolute Gasteiger partial charge is 0.383 e. The molecular formula is C21H23N3OS. The maximum absolute atomic E-state index is 5.11. The molecule has 0 unspecified atom stereocenters. The van der Waals surface area contributed by atoms with Crippen molar-refractivity contribution in [2.45, 2.75) is 13.3 Å². The maximum Gasteiger partial charge on any atom is 0.206 e. The molecule has 134 valence electrons. The van der Waals surface area contributed by atoms with Gasteiger partial charge in [0.05, 0.1) is 25.1 Å². The van der Waals surface area contributed by atoms with Crippen molar-refractivity contribution in [2.24, 2.45) is 10.1 Å². The molecule has 0 fully saturated rings. The van der Waals surface area contributed by atoms with Gasteiger partial charge in [0, 0.05) is 18.1 Å². The number of benzene rings is 2. The topological polar surface area (TPSA) is 38.9 Å². The zero-order valence-corrected chi connectivity index (χ0v) is 15.9. The average molecular weight is 366 g/mol. The van der Waals surface area contributed by atoms with E-state index in [2.05, 4.69) is 53.7 Å². The molecular weight excluding hydrogens is 342 g/mol. The maximum atomic E-state index is 5.11. The standard InChI is InChI=1S/C21H23N3OS/c1-3-17-9-11-18(12-10-17)15-23-24-20(19-7-5-4-6-8-19)16-26-21(24)22-13-14-25-2/h4-12,15-16H,3,13-14H2,1-2H3/b22-21?,23-15-. The van der Waals surface area contributed by atoms with Crippen molar-refractivity contribution in [3.8, 4) is 11.3 Å². The van der Waals surface area contributed by atoms with E-state index in [0.29, 0.717) is 13.2 Å². The number of hydrogen-bond acceptors (Lipinski definition) is 4. The van der Waals surface area contributed by atoms with Crippen molar-refractivity contribution < 1.29 is 4.74 Å². The van der Waals surface area contributed by atoms with E-state index in [4.69, 9.17) is 9.84 Å². The molecule has 1 heterocycles. The van der Waals surface area contributed by atoms with E-state index in [0.717, 1.165) is 28.0 Å². The van der Waals surface area contributed by atoms with Crippen molar-refractivity contribution in [3.05, 3.63) is 75.9 Å². The molecule has 26 heavy (non-hydrogen) atoms. The van der Waals surface area contributed by atoms with Crippen LogP contribution in [0.25, 0.3) is 11.3 Å². The van der Waals surface area contributed by atoms with Gasteiger partial charge in [0.25, 0.3) is 0 Å². The molecule has 0 saturated heterocycles. The van der Waals surface area contributed by atoms with Crippen molar-refractivity contribution in [1.82, 2.24) is 4.68 Å². The van der Waals surface area contributed by atoms with Crippen molar-refractivity contribution >= 4 is 17.6 Å². The summed E-state index contributed by atoms with van der Waals surface area (Å²) >= 11 is 1.59. The van der Waals surface area contributed by atoms with Crippen LogP contribution in [0.5, 0.6) is 0 Å². The first-order valence-corrected chi connectivity index (χ1v) is 9.58. The number of hydrogen-bond donors (Lipinski definition) is 0. The summed E-state index contributed by atoms with van der Waals surface area (Å²) < 4.78 is 7.02. The Kier molecular flexibility index (Phi) is 6.52. The predicted molar refractivity (Wildman–Crippen MR) is 109 cm³/mol. The minimum Gasteiger partial charge on any atom is -0.383 e. The van der Waals surface area contributed by atoms with E-state index < -0.39 is 0 Å². The van der Waals surface area contributed by atoms with Crippen LogP contribution in [-0.4, -0.2) is 31.2 Å². The van der Waals surface area contributed by atoms with Crippen LogP contribution in [0.4, 0.5) is 0 Å². The Morgan fingerprint density at radius 3 is 2.54 bits per heavy atom. The van der Waals surface area contributed by atoms with Crippen LogP contribution in [0.15, 0.2) is 70.1 Å². The zero-order chi connectivity index (χ0) is 18.2.